The molecule has 0 aliphatic carbocycles. The van der Waals surface area contributed by atoms with Crippen LogP contribution >= 0.6 is 0 Å². The van der Waals surface area contributed by atoms with Crippen LogP contribution in [-0.2, 0) is 13.9 Å². The molecule has 22 heavy (non-hydrogen) atoms. The first-order valence-electron chi connectivity index (χ1n) is 8.14. The summed E-state index contributed by atoms with van der Waals surface area (Å²) in [5.74, 6) is -0.614. The maximum Gasteiger partial charge on any atom is 0.192 e. The summed E-state index contributed by atoms with van der Waals surface area (Å²) in [6.45, 7) is 23.5. The van der Waals surface area contributed by atoms with Crippen molar-refractivity contribution < 1.29 is 13.9 Å². The van der Waals surface area contributed by atoms with E-state index in [1.807, 2.05) is 26.0 Å². The van der Waals surface area contributed by atoms with Crippen molar-refractivity contribution in [2.24, 2.45) is 0 Å². The minimum Gasteiger partial charge on any atom is -0.414 e. The Morgan fingerprint density at radius 2 is 1.82 bits per heavy atom. The van der Waals surface area contributed by atoms with E-state index in [9.17, 15) is 0 Å². The fraction of sp³-hybridized carbons (Fsp3) is 0.778. The first-order chi connectivity index (χ1) is 9.89. The van der Waals surface area contributed by atoms with E-state index < -0.39 is 19.7 Å². The van der Waals surface area contributed by atoms with Crippen LogP contribution < -0.4 is 0 Å². The van der Waals surface area contributed by atoms with Gasteiger partial charge >= 0.3 is 0 Å². The highest BCUT2D eigenvalue weighted by atomic mass is 28.4. The van der Waals surface area contributed by atoms with E-state index >= 15 is 0 Å². The third-order valence-electron chi connectivity index (χ3n) is 4.85. The molecule has 1 saturated heterocycles. The Morgan fingerprint density at radius 1 is 1.23 bits per heavy atom. The molecule has 0 spiro atoms. The number of hydrogen-bond acceptors (Lipinski definition) is 3. The minimum atomic E-state index is -1.84. The molecular formula is C18H34O3Si. The molecule has 1 rings (SSSR count). The Labute approximate surface area is 137 Å². The van der Waals surface area contributed by atoms with Gasteiger partial charge in [0.05, 0.1) is 6.61 Å². The lowest BCUT2D eigenvalue weighted by Crippen LogP contribution is -2.50. The summed E-state index contributed by atoms with van der Waals surface area (Å²) in [6, 6.07) is 0. The van der Waals surface area contributed by atoms with Gasteiger partial charge in [0.25, 0.3) is 0 Å². The van der Waals surface area contributed by atoms with E-state index in [4.69, 9.17) is 13.9 Å². The third-order valence-corrected chi connectivity index (χ3v) is 9.33. The van der Waals surface area contributed by atoms with E-state index in [0.717, 1.165) is 12.8 Å². The largest absolute Gasteiger partial charge is 0.414 e. The molecule has 0 amide bonds. The smallest absolute Gasteiger partial charge is 0.192 e. The molecule has 0 N–H and O–H groups in total. The van der Waals surface area contributed by atoms with E-state index in [0.29, 0.717) is 6.61 Å². The molecule has 3 nitrogen and oxygen atoms in total. The average molecular weight is 327 g/mol. The van der Waals surface area contributed by atoms with Gasteiger partial charge in [0.2, 0.25) is 0 Å². The van der Waals surface area contributed by atoms with E-state index in [1.54, 1.807) is 0 Å². The topological polar surface area (TPSA) is 27.7 Å². The van der Waals surface area contributed by atoms with Gasteiger partial charge in [-0.05, 0) is 44.8 Å². The molecular weight excluding hydrogens is 292 g/mol. The minimum absolute atomic E-state index is 0.160. The Bertz CT molecular complexity index is 409. The molecule has 1 fully saturated rings. The van der Waals surface area contributed by atoms with Crippen molar-refractivity contribution >= 4 is 8.32 Å². The van der Waals surface area contributed by atoms with Gasteiger partial charge in [-0.1, -0.05) is 32.9 Å². The number of rotatable bonds is 7. The summed E-state index contributed by atoms with van der Waals surface area (Å²) in [6.07, 6.45) is 5.29. The molecule has 1 heterocycles. The van der Waals surface area contributed by atoms with Gasteiger partial charge in [-0.15, -0.1) is 13.2 Å². The molecule has 0 unspecified atom stereocenters. The molecule has 0 radical (unpaired) electrons. The van der Waals surface area contributed by atoms with Crippen LogP contribution in [0.3, 0.4) is 0 Å². The van der Waals surface area contributed by atoms with Crippen molar-refractivity contribution in [2.75, 3.05) is 6.61 Å². The summed E-state index contributed by atoms with van der Waals surface area (Å²) in [7, 11) is -1.84. The summed E-state index contributed by atoms with van der Waals surface area (Å²) < 4.78 is 18.8. The van der Waals surface area contributed by atoms with Crippen molar-refractivity contribution in [1.29, 1.82) is 0 Å². The van der Waals surface area contributed by atoms with Crippen LogP contribution in [0.1, 0.15) is 47.5 Å². The summed E-state index contributed by atoms with van der Waals surface area (Å²) in [5, 5.41) is 0.172. The quantitative estimate of drug-likeness (QED) is 0.484. The van der Waals surface area contributed by atoms with Gasteiger partial charge in [-0.3, -0.25) is 0 Å². The number of ether oxygens (including phenoxy) is 2. The molecule has 0 aromatic rings. The Morgan fingerprint density at radius 3 is 2.27 bits per heavy atom. The molecule has 128 valence electrons. The average Bonchev–Trinajstić information content (AvgIpc) is 2.64. The molecule has 0 saturated carbocycles. The van der Waals surface area contributed by atoms with Crippen LogP contribution in [0.25, 0.3) is 0 Å². The molecule has 0 aromatic heterocycles. The highest BCUT2D eigenvalue weighted by Gasteiger charge is 2.53. The van der Waals surface area contributed by atoms with Gasteiger partial charge in [0, 0.05) is 0 Å². The van der Waals surface area contributed by atoms with Crippen molar-refractivity contribution in [2.45, 2.75) is 83.1 Å². The second-order valence-electron chi connectivity index (χ2n) is 8.22. The van der Waals surface area contributed by atoms with Gasteiger partial charge < -0.3 is 13.9 Å². The van der Waals surface area contributed by atoms with Gasteiger partial charge in [0.1, 0.15) is 11.7 Å². The second-order valence-corrected chi connectivity index (χ2v) is 13.0. The normalized spacial score (nSPS) is 28.6. The fourth-order valence-electron chi connectivity index (χ4n) is 2.49. The van der Waals surface area contributed by atoms with Crippen molar-refractivity contribution in [1.82, 2.24) is 0 Å². The van der Waals surface area contributed by atoms with Gasteiger partial charge in [0.15, 0.2) is 14.1 Å². The lowest BCUT2D eigenvalue weighted by Gasteiger charge is -2.40. The van der Waals surface area contributed by atoms with Crippen LogP contribution in [0.4, 0.5) is 0 Å². The molecule has 0 bridgehead atoms. The maximum atomic E-state index is 6.46. The number of hydrogen-bond donors (Lipinski definition) is 0. The second kappa shape index (κ2) is 6.60. The standard InChI is InChI=1S/C18H34O3Si/c1-10-12-13-18(14-19-22(8,9)16(3,4)5)15(11-2)20-17(6,7)21-18/h10-11,15H,1-2,12-14H2,3-9H3/t15-,18-/m0/s1. The van der Waals surface area contributed by atoms with Crippen molar-refractivity contribution in [3.8, 4) is 0 Å². The Hall–Kier alpha value is -0.423. The molecule has 1 aliphatic heterocycles. The van der Waals surface area contributed by atoms with Crippen LogP contribution in [0.15, 0.2) is 25.3 Å². The lowest BCUT2D eigenvalue weighted by atomic mass is 9.92. The molecule has 0 aromatic carbocycles. The summed E-state index contributed by atoms with van der Waals surface area (Å²) >= 11 is 0. The molecule has 2 atom stereocenters. The van der Waals surface area contributed by atoms with E-state index in [1.165, 1.54) is 0 Å². The van der Waals surface area contributed by atoms with Crippen LogP contribution in [0.2, 0.25) is 18.1 Å². The lowest BCUT2D eigenvalue weighted by molar-refractivity contribution is -0.170. The first kappa shape index (κ1) is 19.6. The highest BCUT2D eigenvalue weighted by Crippen LogP contribution is 2.43. The van der Waals surface area contributed by atoms with Crippen LogP contribution in [0, 0.1) is 0 Å². The zero-order valence-electron chi connectivity index (χ0n) is 15.5. The predicted octanol–water partition coefficient (Wildman–Crippen LogP) is 5.05. The van der Waals surface area contributed by atoms with Crippen LogP contribution in [0.5, 0.6) is 0 Å². The maximum absolute atomic E-state index is 6.46. The van der Waals surface area contributed by atoms with E-state index in [-0.39, 0.29) is 11.1 Å². The SMILES string of the molecule is C=CCC[C@@]1(CO[Si](C)(C)C(C)(C)C)OC(C)(C)O[C@H]1C=C. The first-order valence-corrected chi connectivity index (χ1v) is 11.1. The van der Waals surface area contributed by atoms with Crippen molar-refractivity contribution in [3.05, 3.63) is 25.3 Å². The Balaban J connectivity index is 2.98. The molecule has 4 heteroatoms. The number of allylic oxidation sites excluding steroid dienone is 1. The molecule has 1 aliphatic rings. The zero-order chi connectivity index (χ0) is 17.2. The van der Waals surface area contributed by atoms with Gasteiger partial charge in [-0.25, -0.2) is 0 Å². The Kier molecular flexibility index (Phi) is 5.88. The summed E-state index contributed by atoms with van der Waals surface area (Å²) in [4.78, 5) is 0. The van der Waals surface area contributed by atoms with Crippen molar-refractivity contribution in [3.63, 3.8) is 0 Å². The zero-order valence-corrected chi connectivity index (χ0v) is 16.5. The van der Waals surface area contributed by atoms with Crippen LogP contribution in [-0.4, -0.2) is 32.4 Å². The highest BCUT2D eigenvalue weighted by molar-refractivity contribution is 6.74. The van der Waals surface area contributed by atoms with Gasteiger partial charge in [-0.2, -0.15) is 0 Å². The third kappa shape index (κ3) is 4.31. The fourth-order valence-corrected chi connectivity index (χ4v) is 3.53. The summed E-state index contributed by atoms with van der Waals surface area (Å²) in [5.41, 5.74) is -0.477. The van der Waals surface area contributed by atoms with E-state index in [2.05, 4.69) is 47.0 Å². The monoisotopic (exact) mass is 326 g/mol. The predicted molar refractivity (Wildman–Crippen MR) is 95.5 cm³/mol.